The molecular formula is C13H10N2. The lowest BCUT2D eigenvalue weighted by Crippen LogP contribution is -1.86. The first-order valence-corrected chi connectivity index (χ1v) is 4.74. The van der Waals surface area contributed by atoms with Gasteiger partial charge in [0.15, 0.2) is 0 Å². The second kappa shape index (κ2) is 3.93. The first kappa shape index (κ1) is 9.42. The van der Waals surface area contributed by atoms with Crippen LogP contribution in [0.1, 0.15) is 11.3 Å². The quantitative estimate of drug-likeness (QED) is 0.654. The number of aromatic nitrogens is 1. The van der Waals surface area contributed by atoms with Crippen LogP contribution in [0.2, 0.25) is 0 Å². The summed E-state index contributed by atoms with van der Waals surface area (Å²) in [5.74, 6) is 0. The predicted octanol–water partition coefficient (Wildman–Crippen LogP) is 3.08. The maximum atomic E-state index is 8.52. The molecule has 1 heterocycles. The standard InChI is InChI=1S/C13H10N2/c1-10-9-11(5-4-8-14)12-6-2-3-7-13(12)15-10/h2-7,9H,1H3/b5-4-. The molecule has 2 heteroatoms. The number of allylic oxidation sites excluding steroid dienone is 1. The highest BCUT2D eigenvalue weighted by Crippen LogP contribution is 2.19. The summed E-state index contributed by atoms with van der Waals surface area (Å²) in [7, 11) is 0. The molecule has 1 aromatic carbocycles. The summed E-state index contributed by atoms with van der Waals surface area (Å²) < 4.78 is 0. The van der Waals surface area contributed by atoms with Crippen LogP contribution in [0.15, 0.2) is 36.4 Å². The van der Waals surface area contributed by atoms with E-state index < -0.39 is 0 Å². The SMILES string of the molecule is Cc1cc(/C=C\C#N)c2ccccc2n1. The molecular weight excluding hydrogens is 184 g/mol. The Morgan fingerprint density at radius 3 is 2.93 bits per heavy atom. The molecule has 2 nitrogen and oxygen atoms in total. The minimum absolute atomic E-state index is 0.964. The zero-order chi connectivity index (χ0) is 10.7. The molecule has 0 atom stereocenters. The normalized spacial score (nSPS) is 10.7. The summed E-state index contributed by atoms with van der Waals surface area (Å²) in [6.07, 6.45) is 3.30. The van der Waals surface area contributed by atoms with Gasteiger partial charge in [0.25, 0.3) is 0 Å². The van der Waals surface area contributed by atoms with Crippen LogP contribution in [0, 0.1) is 18.3 Å². The van der Waals surface area contributed by atoms with E-state index in [1.807, 2.05) is 49.4 Å². The van der Waals surface area contributed by atoms with E-state index in [-0.39, 0.29) is 0 Å². The highest BCUT2D eigenvalue weighted by atomic mass is 14.7. The van der Waals surface area contributed by atoms with E-state index in [1.165, 1.54) is 6.08 Å². The van der Waals surface area contributed by atoms with Gasteiger partial charge in [0, 0.05) is 17.2 Å². The van der Waals surface area contributed by atoms with Gasteiger partial charge in [-0.15, -0.1) is 0 Å². The molecule has 0 unspecified atom stereocenters. The van der Waals surface area contributed by atoms with Crippen LogP contribution in [-0.2, 0) is 0 Å². The van der Waals surface area contributed by atoms with Crippen LogP contribution in [0.5, 0.6) is 0 Å². The highest BCUT2D eigenvalue weighted by Gasteiger charge is 1.99. The van der Waals surface area contributed by atoms with E-state index in [2.05, 4.69) is 4.98 Å². The summed E-state index contributed by atoms with van der Waals surface area (Å²) in [4.78, 5) is 4.43. The third-order valence-corrected chi connectivity index (χ3v) is 2.21. The Kier molecular flexibility index (Phi) is 2.47. The number of hydrogen-bond donors (Lipinski definition) is 0. The molecule has 0 bridgehead atoms. The lowest BCUT2D eigenvalue weighted by atomic mass is 10.1. The number of nitriles is 1. The van der Waals surface area contributed by atoms with Crippen LogP contribution in [0.25, 0.3) is 17.0 Å². The van der Waals surface area contributed by atoms with Crippen LogP contribution in [0.3, 0.4) is 0 Å². The lowest BCUT2D eigenvalue weighted by Gasteiger charge is -2.02. The number of fused-ring (bicyclic) bond motifs is 1. The monoisotopic (exact) mass is 194 g/mol. The zero-order valence-corrected chi connectivity index (χ0v) is 8.44. The number of hydrogen-bond acceptors (Lipinski definition) is 2. The van der Waals surface area contributed by atoms with Gasteiger partial charge in [-0.05, 0) is 30.7 Å². The lowest BCUT2D eigenvalue weighted by molar-refractivity contribution is 1.25. The Morgan fingerprint density at radius 1 is 1.33 bits per heavy atom. The Labute approximate surface area is 88.5 Å². The summed E-state index contributed by atoms with van der Waals surface area (Å²) in [5, 5.41) is 9.59. The van der Waals surface area contributed by atoms with Crippen molar-refractivity contribution in [1.29, 1.82) is 5.26 Å². The first-order valence-electron chi connectivity index (χ1n) is 4.74. The van der Waals surface area contributed by atoms with Gasteiger partial charge in [0.2, 0.25) is 0 Å². The minimum atomic E-state index is 0.964. The molecule has 72 valence electrons. The average molecular weight is 194 g/mol. The van der Waals surface area contributed by atoms with Crippen LogP contribution in [-0.4, -0.2) is 4.98 Å². The Morgan fingerprint density at radius 2 is 2.13 bits per heavy atom. The Bertz CT molecular complexity index is 562. The summed E-state index contributed by atoms with van der Waals surface area (Å²) in [6, 6.07) is 11.9. The number of benzene rings is 1. The molecule has 2 rings (SSSR count). The van der Waals surface area contributed by atoms with Crippen LogP contribution >= 0.6 is 0 Å². The second-order valence-electron chi connectivity index (χ2n) is 3.33. The molecule has 1 aromatic heterocycles. The van der Waals surface area contributed by atoms with Crippen molar-refractivity contribution in [2.45, 2.75) is 6.92 Å². The van der Waals surface area contributed by atoms with Crippen molar-refractivity contribution in [2.75, 3.05) is 0 Å². The molecule has 0 fully saturated rings. The van der Waals surface area contributed by atoms with E-state index >= 15 is 0 Å². The molecule has 0 saturated carbocycles. The largest absolute Gasteiger partial charge is 0.253 e. The van der Waals surface area contributed by atoms with E-state index in [4.69, 9.17) is 5.26 Å². The minimum Gasteiger partial charge on any atom is -0.253 e. The summed E-state index contributed by atoms with van der Waals surface area (Å²) in [5.41, 5.74) is 2.97. The molecule has 0 amide bonds. The second-order valence-corrected chi connectivity index (χ2v) is 3.33. The summed E-state index contributed by atoms with van der Waals surface area (Å²) in [6.45, 7) is 1.95. The number of aryl methyl sites for hydroxylation is 1. The maximum Gasteiger partial charge on any atom is 0.0912 e. The Balaban J connectivity index is 2.72. The van der Waals surface area contributed by atoms with Gasteiger partial charge in [-0.1, -0.05) is 18.2 Å². The third kappa shape index (κ3) is 1.87. The van der Waals surface area contributed by atoms with Crippen molar-refractivity contribution in [2.24, 2.45) is 0 Å². The topological polar surface area (TPSA) is 36.7 Å². The molecule has 0 spiro atoms. The molecule has 0 radical (unpaired) electrons. The first-order chi connectivity index (χ1) is 7.31. The average Bonchev–Trinajstić information content (AvgIpc) is 2.25. The van der Waals surface area contributed by atoms with Crippen LogP contribution in [0.4, 0.5) is 0 Å². The fourth-order valence-corrected chi connectivity index (χ4v) is 1.61. The van der Waals surface area contributed by atoms with Gasteiger partial charge in [0.05, 0.1) is 11.6 Å². The fourth-order valence-electron chi connectivity index (χ4n) is 1.61. The number of para-hydroxylation sites is 1. The van der Waals surface area contributed by atoms with E-state index in [9.17, 15) is 0 Å². The number of pyridine rings is 1. The van der Waals surface area contributed by atoms with E-state index in [1.54, 1.807) is 0 Å². The van der Waals surface area contributed by atoms with Gasteiger partial charge < -0.3 is 0 Å². The van der Waals surface area contributed by atoms with Gasteiger partial charge in [-0.2, -0.15) is 5.26 Å². The summed E-state index contributed by atoms with van der Waals surface area (Å²) >= 11 is 0. The van der Waals surface area contributed by atoms with Gasteiger partial charge >= 0.3 is 0 Å². The van der Waals surface area contributed by atoms with E-state index in [0.29, 0.717) is 0 Å². The molecule has 0 aliphatic carbocycles. The van der Waals surface area contributed by atoms with Crippen molar-refractivity contribution < 1.29 is 0 Å². The van der Waals surface area contributed by atoms with Gasteiger partial charge in [-0.3, -0.25) is 4.98 Å². The van der Waals surface area contributed by atoms with Gasteiger partial charge in [-0.25, -0.2) is 0 Å². The van der Waals surface area contributed by atoms with Crippen molar-refractivity contribution >= 4 is 17.0 Å². The molecule has 0 saturated heterocycles. The smallest absolute Gasteiger partial charge is 0.0912 e. The van der Waals surface area contributed by atoms with Crippen molar-refractivity contribution in [1.82, 2.24) is 4.98 Å². The fraction of sp³-hybridized carbons (Fsp3) is 0.0769. The van der Waals surface area contributed by atoms with Crippen molar-refractivity contribution in [3.63, 3.8) is 0 Å². The van der Waals surface area contributed by atoms with Gasteiger partial charge in [0.1, 0.15) is 0 Å². The third-order valence-electron chi connectivity index (χ3n) is 2.21. The van der Waals surface area contributed by atoms with E-state index in [0.717, 1.165) is 22.2 Å². The molecule has 0 aliphatic rings. The number of nitrogens with zero attached hydrogens (tertiary/aromatic N) is 2. The zero-order valence-electron chi connectivity index (χ0n) is 8.44. The molecule has 15 heavy (non-hydrogen) atoms. The van der Waals surface area contributed by atoms with Crippen molar-refractivity contribution in [3.05, 3.63) is 47.7 Å². The number of rotatable bonds is 1. The Hall–Kier alpha value is -2.14. The molecule has 0 aliphatic heterocycles. The molecule has 2 aromatic rings. The van der Waals surface area contributed by atoms with Crippen molar-refractivity contribution in [3.8, 4) is 6.07 Å². The van der Waals surface area contributed by atoms with Crippen LogP contribution < -0.4 is 0 Å². The molecule has 0 N–H and O–H groups in total. The highest BCUT2D eigenvalue weighted by molar-refractivity contribution is 5.88. The predicted molar refractivity (Wildman–Crippen MR) is 61.1 cm³/mol. The maximum absolute atomic E-state index is 8.52.